The highest BCUT2D eigenvalue weighted by atomic mass is 35.5. The van der Waals surface area contributed by atoms with Crippen LogP contribution in [0.4, 0.5) is 5.82 Å². The van der Waals surface area contributed by atoms with Crippen LogP contribution in [-0.4, -0.2) is 20.9 Å². The van der Waals surface area contributed by atoms with Gasteiger partial charge in [0.2, 0.25) is 0 Å². The maximum absolute atomic E-state index is 9.46. The fourth-order valence-electron chi connectivity index (χ4n) is 2.16. The number of halogens is 1. The number of hydrogen-bond donors (Lipinski definition) is 1. The molecule has 0 aliphatic carbocycles. The van der Waals surface area contributed by atoms with Crippen molar-refractivity contribution in [1.29, 1.82) is 5.26 Å². The molecule has 0 radical (unpaired) electrons. The Bertz CT molecular complexity index is 868. The molecule has 1 aromatic carbocycles. The van der Waals surface area contributed by atoms with E-state index in [-0.39, 0.29) is 0 Å². The maximum Gasteiger partial charge on any atom is 0.158 e. The fraction of sp³-hybridized carbons (Fsp3) is 0.133. The quantitative estimate of drug-likeness (QED) is 0.585. The first kappa shape index (κ1) is 14.7. The Labute approximate surface area is 136 Å². The summed E-state index contributed by atoms with van der Waals surface area (Å²) in [5.41, 5.74) is 2.22. The van der Waals surface area contributed by atoms with Crippen LogP contribution in [0.2, 0.25) is 5.02 Å². The minimum atomic E-state index is 0.491. The minimum Gasteiger partial charge on any atom is -0.365 e. The molecular formula is C15H12ClN5S. The van der Waals surface area contributed by atoms with E-state index in [1.54, 1.807) is 10.7 Å². The van der Waals surface area contributed by atoms with Gasteiger partial charge in [-0.05, 0) is 24.0 Å². The highest BCUT2D eigenvalue weighted by Gasteiger charge is 2.15. The van der Waals surface area contributed by atoms with E-state index in [1.807, 2.05) is 36.6 Å². The molecule has 2 aromatic heterocycles. The summed E-state index contributed by atoms with van der Waals surface area (Å²) in [7, 11) is 0. The van der Waals surface area contributed by atoms with Crippen LogP contribution in [0, 0.1) is 11.3 Å². The van der Waals surface area contributed by atoms with Crippen molar-refractivity contribution in [2.75, 3.05) is 11.6 Å². The second-order valence-electron chi connectivity index (χ2n) is 4.54. The molecule has 0 atom stereocenters. The number of anilines is 1. The molecule has 0 spiro atoms. The summed E-state index contributed by atoms with van der Waals surface area (Å²) in [5.74, 6) is 0.641. The van der Waals surface area contributed by atoms with Crippen molar-refractivity contribution < 1.29 is 0 Å². The zero-order valence-corrected chi connectivity index (χ0v) is 13.3. The van der Waals surface area contributed by atoms with Crippen LogP contribution in [0.15, 0.2) is 41.6 Å². The molecule has 0 saturated heterocycles. The van der Waals surface area contributed by atoms with Gasteiger partial charge in [-0.15, -0.1) is 11.8 Å². The summed E-state index contributed by atoms with van der Waals surface area (Å²) in [6.07, 6.45) is 3.56. The highest BCUT2D eigenvalue weighted by molar-refractivity contribution is 7.98. The number of rotatable bonds is 4. The van der Waals surface area contributed by atoms with Crippen molar-refractivity contribution in [2.45, 2.75) is 11.6 Å². The molecular weight excluding hydrogens is 318 g/mol. The molecule has 5 nitrogen and oxygen atoms in total. The average Bonchev–Trinajstić information content (AvgIpc) is 2.99. The van der Waals surface area contributed by atoms with Crippen molar-refractivity contribution in [3.05, 3.63) is 52.7 Å². The standard InChI is InChI=1S/C15H12ClN5S/c1-22-15-12(8-17)14(21-13(20-15)5-6-19-21)18-9-10-3-2-4-11(16)7-10/h2-7,18H,9H2,1H3. The first-order valence-corrected chi connectivity index (χ1v) is 8.13. The average molecular weight is 330 g/mol. The summed E-state index contributed by atoms with van der Waals surface area (Å²) in [6, 6.07) is 11.6. The van der Waals surface area contributed by atoms with E-state index in [0.29, 0.717) is 33.6 Å². The van der Waals surface area contributed by atoms with E-state index in [9.17, 15) is 5.26 Å². The number of benzene rings is 1. The van der Waals surface area contributed by atoms with Crippen molar-refractivity contribution in [3.8, 4) is 6.07 Å². The number of nitrogens with one attached hydrogen (secondary N) is 1. The lowest BCUT2D eigenvalue weighted by atomic mass is 10.2. The second kappa shape index (κ2) is 6.26. The molecule has 0 bridgehead atoms. The molecule has 3 rings (SSSR count). The Morgan fingerprint density at radius 3 is 3.00 bits per heavy atom. The first-order chi connectivity index (χ1) is 10.7. The molecule has 0 aliphatic heterocycles. The Morgan fingerprint density at radius 2 is 2.27 bits per heavy atom. The summed E-state index contributed by atoms with van der Waals surface area (Å²) in [4.78, 5) is 4.43. The number of aromatic nitrogens is 3. The summed E-state index contributed by atoms with van der Waals surface area (Å²) >= 11 is 7.44. The Hall–Kier alpha value is -2.23. The first-order valence-electron chi connectivity index (χ1n) is 6.53. The van der Waals surface area contributed by atoms with Crippen molar-refractivity contribution in [2.24, 2.45) is 0 Å². The lowest BCUT2D eigenvalue weighted by molar-refractivity contribution is 0.897. The number of fused-ring (bicyclic) bond motifs is 1. The number of thioether (sulfide) groups is 1. The lowest BCUT2D eigenvalue weighted by Gasteiger charge is -2.12. The topological polar surface area (TPSA) is 66.0 Å². The van der Waals surface area contributed by atoms with Crippen molar-refractivity contribution in [3.63, 3.8) is 0 Å². The zero-order valence-electron chi connectivity index (χ0n) is 11.7. The van der Waals surface area contributed by atoms with E-state index in [1.165, 1.54) is 11.8 Å². The van der Waals surface area contributed by atoms with Crippen LogP contribution in [0.25, 0.3) is 5.65 Å². The number of nitrogens with zero attached hydrogens (tertiary/aromatic N) is 4. The van der Waals surface area contributed by atoms with Gasteiger partial charge in [-0.2, -0.15) is 14.9 Å². The van der Waals surface area contributed by atoms with Gasteiger partial charge in [0, 0.05) is 17.6 Å². The SMILES string of the molecule is CSc1nc2ccnn2c(NCc2cccc(Cl)c2)c1C#N. The molecule has 0 unspecified atom stereocenters. The molecule has 0 saturated carbocycles. The van der Waals surface area contributed by atoms with Crippen LogP contribution in [0.3, 0.4) is 0 Å². The molecule has 0 amide bonds. The predicted octanol–water partition coefficient (Wildman–Crippen LogP) is 3.59. The van der Waals surface area contributed by atoms with Gasteiger partial charge < -0.3 is 5.32 Å². The third-order valence-corrected chi connectivity index (χ3v) is 4.07. The molecule has 110 valence electrons. The molecule has 3 aromatic rings. The molecule has 0 aliphatic rings. The fourth-order valence-corrected chi connectivity index (χ4v) is 2.91. The Kier molecular flexibility index (Phi) is 4.18. The van der Waals surface area contributed by atoms with Crippen LogP contribution in [-0.2, 0) is 6.54 Å². The third-order valence-electron chi connectivity index (χ3n) is 3.16. The van der Waals surface area contributed by atoms with Crippen LogP contribution < -0.4 is 5.32 Å². The van der Waals surface area contributed by atoms with Gasteiger partial charge >= 0.3 is 0 Å². The van der Waals surface area contributed by atoms with Gasteiger partial charge in [0.1, 0.15) is 16.7 Å². The molecule has 7 heteroatoms. The van der Waals surface area contributed by atoms with Crippen molar-refractivity contribution >= 4 is 34.8 Å². The van der Waals surface area contributed by atoms with Crippen LogP contribution in [0.5, 0.6) is 0 Å². The molecule has 22 heavy (non-hydrogen) atoms. The zero-order chi connectivity index (χ0) is 15.5. The second-order valence-corrected chi connectivity index (χ2v) is 5.77. The van der Waals surface area contributed by atoms with Gasteiger partial charge in [0.05, 0.1) is 6.20 Å². The van der Waals surface area contributed by atoms with Gasteiger partial charge in [-0.25, -0.2) is 4.98 Å². The number of nitriles is 1. The van der Waals surface area contributed by atoms with E-state index < -0.39 is 0 Å². The van der Waals surface area contributed by atoms with E-state index >= 15 is 0 Å². The van der Waals surface area contributed by atoms with E-state index in [2.05, 4.69) is 21.5 Å². The van der Waals surface area contributed by atoms with Gasteiger partial charge in [0.25, 0.3) is 0 Å². The van der Waals surface area contributed by atoms with Gasteiger partial charge in [-0.1, -0.05) is 23.7 Å². The van der Waals surface area contributed by atoms with E-state index in [4.69, 9.17) is 11.6 Å². The molecule has 0 fully saturated rings. The maximum atomic E-state index is 9.46. The minimum absolute atomic E-state index is 0.491. The third kappa shape index (κ3) is 2.73. The number of hydrogen-bond acceptors (Lipinski definition) is 5. The van der Waals surface area contributed by atoms with Crippen LogP contribution in [0.1, 0.15) is 11.1 Å². The van der Waals surface area contributed by atoms with Crippen LogP contribution >= 0.6 is 23.4 Å². The van der Waals surface area contributed by atoms with E-state index in [0.717, 1.165) is 5.56 Å². The van der Waals surface area contributed by atoms with Gasteiger partial charge in [-0.3, -0.25) is 0 Å². The summed E-state index contributed by atoms with van der Waals surface area (Å²) < 4.78 is 1.64. The molecule has 2 heterocycles. The highest BCUT2D eigenvalue weighted by Crippen LogP contribution is 2.26. The largest absolute Gasteiger partial charge is 0.365 e. The smallest absolute Gasteiger partial charge is 0.158 e. The Morgan fingerprint density at radius 1 is 1.41 bits per heavy atom. The monoisotopic (exact) mass is 329 g/mol. The normalized spacial score (nSPS) is 10.6. The predicted molar refractivity (Wildman–Crippen MR) is 88.3 cm³/mol. The lowest BCUT2D eigenvalue weighted by Crippen LogP contribution is -2.09. The molecule has 1 N–H and O–H groups in total. The van der Waals surface area contributed by atoms with Crippen molar-refractivity contribution in [1.82, 2.24) is 14.6 Å². The summed E-state index contributed by atoms with van der Waals surface area (Å²) in [6.45, 7) is 0.544. The summed E-state index contributed by atoms with van der Waals surface area (Å²) in [5, 5.41) is 18.3. The van der Waals surface area contributed by atoms with Gasteiger partial charge in [0.15, 0.2) is 11.5 Å². The Balaban J connectivity index is 2.02.